The second-order valence-electron chi connectivity index (χ2n) is 6.95. The van der Waals surface area contributed by atoms with E-state index in [1.807, 2.05) is 18.2 Å². The van der Waals surface area contributed by atoms with Crippen LogP contribution in [0.5, 0.6) is 5.88 Å². The van der Waals surface area contributed by atoms with Gasteiger partial charge in [0.1, 0.15) is 5.82 Å². The molecule has 130 valence electrons. The van der Waals surface area contributed by atoms with Gasteiger partial charge in [-0.05, 0) is 34.9 Å². The highest BCUT2D eigenvalue weighted by Crippen LogP contribution is 2.35. The molecule has 0 bridgehead atoms. The molecule has 0 amide bonds. The molecule has 3 nitrogen and oxygen atoms in total. The first-order valence-corrected chi connectivity index (χ1v) is 8.32. The number of aliphatic hydroxyl groups excluding tert-OH is 1. The first-order chi connectivity index (χ1) is 11.4. The smallest absolute Gasteiger partial charge is 0.213 e. The van der Waals surface area contributed by atoms with E-state index in [1.54, 1.807) is 6.07 Å². The van der Waals surface area contributed by atoms with Gasteiger partial charge in [-0.1, -0.05) is 45.4 Å². The van der Waals surface area contributed by atoms with E-state index in [0.29, 0.717) is 11.4 Å². The maximum Gasteiger partial charge on any atom is 0.213 e. The second kappa shape index (κ2) is 7.75. The molecule has 0 atom stereocenters. The lowest BCUT2D eigenvalue weighted by molar-refractivity contribution is 0.281. The maximum absolute atomic E-state index is 14.4. The molecule has 1 aromatic carbocycles. The maximum atomic E-state index is 14.4. The first-order valence-electron chi connectivity index (χ1n) is 8.32. The molecular weight excluding hydrogens is 305 g/mol. The molecule has 1 heterocycles. The van der Waals surface area contributed by atoms with Crippen molar-refractivity contribution in [1.29, 1.82) is 0 Å². The second-order valence-corrected chi connectivity index (χ2v) is 6.95. The minimum absolute atomic E-state index is 0.0242. The van der Waals surface area contributed by atoms with Crippen molar-refractivity contribution in [2.75, 3.05) is 7.11 Å². The monoisotopic (exact) mass is 331 g/mol. The van der Waals surface area contributed by atoms with Crippen LogP contribution in [0.4, 0.5) is 4.39 Å². The van der Waals surface area contributed by atoms with E-state index in [0.717, 1.165) is 36.0 Å². The molecule has 4 heteroatoms. The van der Waals surface area contributed by atoms with E-state index < -0.39 is 0 Å². The molecule has 0 saturated heterocycles. The number of benzene rings is 1. The van der Waals surface area contributed by atoms with Crippen molar-refractivity contribution in [2.24, 2.45) is 5.41 Å². The molecule has 2 aromatic rings. The van der Waals surface area contributed by atoms with Gasteiger partial charge in [-0.2, -0.15) is 0 Å². The summed E-state index contributed by atoms with van der Waals surface area (Å²) in [6.07, 6.45) is 4.18. The van der Waals surface area contributed by atoms with E-state index in [1.165, 1.54) is 13.3 Å². The lowest BCUT2D eigenvalue weighted by atomic mass is 9.79. The van der Waals surface area contributed by atoms with Gasteiger partial charge in [0.05, 0.1) is 19.9 Å². The van der Waals surface area contributed by atoms with Crippen molar-refractivity contribution >= 4 is 0 Å². The number of rotatable bonds is 7. The Hall–Kier alpha value is -1.94. The molecule has 0 saturated carbocycles. The summed E-state index contributed by atoms with van der Waals surface area (Å²) in [6, 6.07) is 7.30. The number of pyridine rings is 1. The van der Waals surface area contributed by atoms with Crippen LogP contribution in [0.15, 0.2) is 30.5 Å². The van der Waals surface area contributed by atoms with Gasteiger partial charge < -0.3 is 9.84 Å². The SMILES string of the molecule is CCCC(C)(C)Cc1cc(CO)ccc1-c1cc(OC)ncc1F. The van der Waals surface area contributed by atoms with Gasteiger partial charge >= 0.3 is 0 Å². The van der Waals surface area contributed by atoms with Gasteiger partial charge in [-0.25, -0.2) is 9.37 Å². The Morgan fingerprint density at radius 2 is 1.96 bits per heavy atom. The van der Waals surface area contributed by atoms with Crippen LogP contribution in [0.2, 0.25) is 0 Å². The highest BCUT2D eigenvalue weighted by Gasteiger charge is 2.21. The van der Waals surface area contributed by atoms with Gasteiger partial charge in [0.25, 0.3) is 0 Å². The lowest BCUT2D eigenvalue weighted by Crippen LogP contribution is -2.15. The van der Waals surface area contributed by atoms with Crippen LogP contribution >= 0.6 is 0 Å². The van der Waals surface area contributed by atoms with Crippen LogP contribution in [-0.4, -0.2) is 17.2 Å². The predicted octanol–water partition coefficient (Wildman–Crippen LogP) is 4.76. The quantitative estimate of drug-likeness (QED) is 0.795. The van der Waals surface area contributed by atoms with Crippen LogP contribution < -0.4 is 4.74 Å². The van der Waals surface area contributed by atoms with Crippen molar-refractivity contribution in [2.45, 2.75) is 46.6 Å². The van der Waals surface area contributed by atoms with Gasteiger partial charge in [0, 0.05) is 11.6 Å². The van der Waals surface area contributed by atoms with E-state index in [-0.39, 0.29) is 17.8 Å². The van der Waals surface area contributed by atoms with Crippen molar-refractivity contribution in [1.82, 2.24) is 4.98 Å². The number of hydrogen-bond donors (Lipinski definition) is 1. The molecule has 0 spiro atoms. The summed E-state index contributed by atoms with van der Waals surface area (Å²) < 4.78 is 19.5. The fourth-order valence-corrected chi connectivity index (χ4v) is 3.17. The van der Waals surface area contributed by atoms with Gasteiger partial charge in [0.15, 0.2) is 0 Å². The average molecular weight is 331 g/mol. The number of halogens is 1. The zero-order valence-corrected chi connectivity index (χ0v) is 14.9. The fourth-order valence-electron chi connectivity index (χ4n) is 3.17. The van der Waals surface area contributed by atoms with Crippen LogP contribution in [0.3, 0.4) is 0 Å². The molecule has 2 rings (SSSR count). The summed E-state index contributed by atoms with van der Waals surface area (Å²) in [5.41, 5.74) is 3.28. The number of nitrogens with zero attached hydrogens (tertiary/aromatic N) is 1. The third-order valence-electron chi connectivity index (χ3n) is 4.28. The third kappa shape index (κ3) is 4.32. The lowest BCUT2D eigenvalue weighted by Gasteiger charge is -2.26. The van der Waals surface area contributed by atoms with Crippen LogP contribution in [-0.2, 0) is 13.0 Å². The molecule has 0 unspecified atom stereocenters. The summed E-state index contributed by atoms with van der Waals surface area (Å²) in [4.78, 5) is 3.91. The Labute approximate surface area is 143 Å². The van der Waals surface area contributed by atoms with Crippen LogP contribution in [0, 0.1) is 11.2 Å². The van der Waals surface area contributed by atoms with Crippen molar-refractivity contribution in [3.05, 3.63) is 47.4 Å². The Balaban J connectivity index is 2.53. The predicted molar refractivity (Wildman–Crippen MR) is 94.5 cm³/mol. The topological polar surface area (TPSA) is 42.4 Å². The Morgan fingerprint density at radius 3 is 2.58 bits per heavy atom. The largest absolute Gasteiger partial charge is 0.481 e. The minimum atomic E-state index is -0.373. The molecule has 24 heavy (non-hydrogen) atoms. The number of hydrogen-bond acceptors (Lipinski definition) is 3. The van der Waals surface area contributed by atoms with Crippen LogP contribution in [0.1, 0.15) is 44.7 Å². The van der Waals surface area contributed by atoms with Crippen LogP contribution in [0.25, 0.3) is 11.1 Å². The van der Waals surface area contributed by atoms with Gasteiger partial charge in [0.2, 0.25) is 5.88 Å². The zero-order chi connectivity index (χ0) is 17.7. The average Bonchev–Trinajstić information content (AvgIpc) is 2.55. The molecule has 0 aliphatic carbocycles. The third-order valence-corrected chi connectivity index (χ3v) is 4.28. The first kappa shape index (κ1) is 18.4. The van der Waals surface area contributed by atoms with E-state index in [4.69, 9.17) is 4.74 Å². The minimum Gasteiger partial charge on any atom is -0.481 e. The summed E-state index contributed by atoms with van der Waals surface area (Å²) in [5.74, 6) is 0.0125. The van der Waals surface area contributed by atoms with Gasteiger partial charge in [-0.3, -0.25) is 0 Å². The van der Waals surface area contributed by atoms with Crippen molar-refractivity contribution in [3.8, 4) is 17.0 Å². The number of ether oxygens (including phenoxy) is 1. The number of methoxy groups -OCH3 is 1. The van der Waals surface area contributed by atoms with Crippen molar-refractivity contribution in [3.63, 3.8) is 0 Å². The molecule has 0 aliphatic heterocycles. The molecule has 1 aromatic heterocycles. The van der Waals surface area contributed by atoms with E-state index in [2.05, 4.69) is 25.8 Å². The summed E-state index contributed by atoms with van der Waals surface area (Å²) in [5, 5.41) is 9.46. The number of aliphatic hydroxyl groups is 1. The normalized spacial score (nSPS) is 11.6. The highest BCUT2D eigenvalue weighted by atomic mass is 19.1. The Morgan fingerprint density at radius 1 is 1.21 bits per heavy atom. The summed E-state index contributed by atoms with van der Waals surface area (Å²) in [6.45, 7) is 6.58. The van der Waals surface area contributed by atoms with Gasteiger partial charge in [-0.15, -0.1) is 0 Å². The standard InChI is InChI=1S/C20H26FNO2/c1-5-8-20(2,3)11-15-9-14(13-23)6-7-16(15)17-10-19(24-4)22-12-18(17)21/h6-7,9-10,12,23H,5,8,11,13H2,1-4H3. The van der Waals surface area contributed by atoms with E-state index in [9.17, 15) is 9.50 Å². The Kier molecular flexibility index (Phi) is 5.94. The molecule has 1 N–H and O–H groups in total. The molecule has 0 radical (unpaired) electrons. The molecule has 0 aliphatic rings. The fraction of sp³-hybridized carbons (Fsp3) is 0.450. The van der Waals surface area contributed by atoms with E-state index >= 15 is 0 Å². The zero-order valence-electron chi connectivity index (χ0n) is 14.9. The summed E-state index contributed by atoms with van der Waals surface area (Å²) >= 11 is 0. The molecule has 0 fully saturated rings. The Bertz CT molecular complexity index is 698. The highest BCUT2D eigenvalue weighted by molar-refractivity contribution is 5.69. The summed E-state index contributed by atoms with van der Waals surface area (Å²) in [7, 11) is 1.52. The van der Waals surface area contributed by atoms with Crippen molar-refractivity contribution < 1.29 is 14.2 Å². The molecular formula is C20H26FNO2. The number of aromatic nitrogens is 1.